The fourth-order valence-corrected chi connectivity index (χ4v) is 2.76. The standard InChI is InChI=1S/C16H18BrNO2/c1-12-9-14(7-8-20-18)10-15(17)16(12)19-11-13-5-3-2-4-6-13/h2-6,9-10H,7-8,11,18H2,1H3. The van der Waals surface area contributed by atoms with E-state index in [4.69, 9.17) is 10.6 Å². The van der Waals surface area contributed by atoms with Gasteiger partial charge in [0, 0.05) is 0 Å². The summed E-state index contributed by atoms with van der Waals surface area (Å²) in [6, 6.07) is 14.3. The van der Waals surface area contributed by atoms with Crippen molar-refractivity contribution in [3.63, 3.8) is 0 Å². The molecule has 0 fully saturated rings. The fourth-order valence-electron chi connectivity index (χ4n) is 2.04. The van der Waals surface area contributed by atoms with Crippen LogP contribution in [0.1, 0.15) is 16.7 Å². The topological polar surface area (TPSA) is 44.5 Å². The Morgan fingerprint density at radius 3 is 2.50 bits per heavy atom. The Hall–Kier alpha value is -1.36. The van der Waals surface area contributed by atoms with Gasteiger partial charge in [-0.05, 0) is 52.0 Å². The van der Waals surface area contributed by atoms with E-state index in [0.29, 0.717) is 13.2 Å². The highest BCUT2D eigenvalue weighted by Crippen LogP contribution is 2.31. The Balaban J connectivity index is 2.08. The highest BCUT2D eigenvalue weighted by molar-refractivity contribution is 9.10. The zero-order chi connectivity index (χ0) is 14.4. The summed E-state index contributed by atoms with van der Waals surface area (Å²) >= 11 is 3.57. The molecule has 0 amide bonds. The van der Waals surface area contributed by atoms with Gasteiger partial charge in [-0.2, -0.15) is 0 Å². The molecule has 0 aliphatic heterocycles. The number of aryl methyl sites for hydroxylation is 1. The summed E-state index contributed by atoms with van der Waals surface area (Å²) in [5, 5.41) is 0. The summed E-state index contributed by atoms with van der Waals surface area (Å²) in [6.45, 7) is 3.11. The molecule has 0 heterocycles. The number of benzene rings is 2. The van der Waals surface area contributed by atoms with Crippen LogP contribution in [0.15, 0.2) is 46.9 Å². The van der Waals surface area contributed by atoms with Crippen molar-refractivity contribution in [2.24, 2.45) is 5.90 Å². The molecule has 2 N–H and O–H groups in total. The van der Waals surface area contributed by atoms with Gasteiger partial charge in [-0.15, -0.1) is 0 Å². The molecule has 2 aromatic rings. The highest BCUT2D eigenvalue weighted by atomic mass is 79.9. The third kappa shape index (κ3) is 4.07. The summed E-state index contributed by atoms with van der Waals surface area (Å²) in [6.07, 6.45) is 0.787. The summed E-state index contributed by atoms with van der Waals surface area (Å²) < 4.78 is 6.87. The van der Waals surface area contributed by atoms with Crippen molar-refractivity contribution >= 4 is 15.9 Å². The predicted octanol–water partition coefficient (Wildman–Crippen LogP) is 3.77. The summed E-state index contributed by atoms with van der Waals surface area (Å²) in [7, 11) is 0. The number of nitrogens with two attached hydrogens (primary N) is 1. The van der Waals surface area contributed by atoms with Crippen molar-refractivity contribution in [2.75, 3.05) is 6.61 Å². The Morgan fingerprint density at radius 1 is 1.10 bits per heavy atom. The molecular formula is C16H18BrNO2. The van der Waals surface area contributed by atoms with Gasteiger partial charge in [0.05, 0.1) is 11.1 Å². The Bertz CT molecular complexity index is 535. The molecule has 2 rings (SSSR count). The minimum absolute atomic E-state index is 0.510. The SMILES string of the molecule is Cc1cc(CCON)cc(Br)c1OCc1ccccc1. The quantitative estimate of drug-likeness (QED) is 0.817. The van der Waals surface area contributed by atoms with E-state index < -0.39 is 0 Å². The Morgan fingerprint density at radius 2 is 1.85 bits per heavy atom. The molecule has 20 heavy (non-hydrogen) atoms. The van der Waals surface area contributed by atoms with Gasteiger partial charge in [-0.1, -0.05) is 36.4 Å². The Labute approximate surface area is 127 Å². The van der Waals surface area contributed by atoms with E-state index in [0.717, 1.165) is 27.8 Å². The fraction of sp³-hybridized carbons (Fsp3) is 0.250. The van der Waals surface area contributed by atoms with Crippen LogP contribution in [0.25, 0.3) is 0 Å². The van der Waals surface area contributed by atoms with Crippen LogP contribution in [0, 0.1) is 6.92 Å². The zero-order valence-electron chi connectivity index (χ0n) is 11.4. The molecule has 106 valence electrons. The average molecular weight is 336 g/mol. The maximum Gasteiger partial charge on any atom is 0.136 e. The van der Waals surface area contributed by atoms with E-state index in [1.54, 1.807) is 0 Å². The molecule has 0 saturated heterocycles. The van der Waals surface area contributed by atoms with Gasteiger partial charge in [0.1, 0.15) is 12.4 Å². The molecule has 4 heteroatoms. The van der Waals surface area contributed by atoms with E-state index in [2.05, 4.69) is 39.0 Å². The smallest absolute Gasteiger partial charge is 0.136 e. The summed E-state index contributed by atoms with van der Waals surface area (Å²) in [4.78, 5) is 4.61. The first kappa shape index (κ1) is 15.0. The van der Waals surface area contributed by atoms with E-state index in [-0.39, 0.29) is 0 Å². The number of ether oxygens (including phenoxy) is 1. The first-order valence-electron chi connectivity index (χ1n) is 6.48. The molecule has 2 aromatic carbocycles. The molecule has 0 unspecified atom stereocenters. The third-order valence-corrected chi connectivity index (χ3v) is 3.61. The van der Waals surface area contributed by atoms with Crippen LogP contribution in [0.2, 0.25) is 0 Å². The first-order valence-corrected chi connectivity index (χ1v) is 7.27. The number of hydrogen-bond acceptors (Lipinski definition) is 3. The van der Waals surface area contributed by atoms with Crippen molar-refractivity contribution in [3.05, 3.63) is 63.6 Å². The minimum atomic E-state index is 0.510. The average Bonchev–Trinajstić information content (AvgIpc) is 2.45. The monoisotopic (exact) mass is 335 g/mol. The molecule has 3 nitrogen and oxygen atoms in total. The molecule has 0 saturated carbocycles. The first-order chi connectivity index (χ1) is 9.70. The molecule has 0 aromatic heterocycles. The van der Waals surface area contributed by atoms with Gasteiger partial charge in [0.15, 0.2) is 0 Å². The van der Waals surface area contributed by atoms with Crippen LogP contribution in [0.5, 0.6) is 5.75 Å². The maximum atomic E-state index is 5.91. The zero-order valence-corrected chi connectivity index (χ0v) is 13.0. The maximum absolute atomic E-state index is 5.91. The van der Waals surface area contributed by atoms with E-state index in [1.807, 2.05) is 31.2 Å². The van der Waals surface area contributed by atoms with Crippen LogP contribution < -0.4 is 10.6 Å². The Kier molecular flexibility index (Phi) is 5.59. The van der Waals surface area contributed by atoms with Crippen molar-refractivity contribution in [1.82, 2.24) is 0 Å². The summed E-state index contributed by atoms with van der Waals surface area (Å²) in [5.41, 5.74) is 3.42. The second-order valence-corrected chi connectivity index (χ2v) is 5.47. The van der Waals surface area contributed by atoms with Gasteiger partial charge in [0.25, 0.3) is 0 Å². The molecule has 0 radical (unpaired) electrons. The lowest BCUT2D eigenvalue weighted by Gasteiger charge is -2.13. The normalized spacial score (nSPS) is 10.6. The van der Waals surface area contributed by atoms with E-state index in [1.165, 1.54) is 5.56 Å². The molecule has 0 atom stereocenters. The molecular weight excluding hydrogens is 318 g/mol. The van der Waals surface area contributed by atoms with Gasteiger partial charge >= 0.3 is 0 Å². The largest absolute Gasteiger partial charge is 0.487 e. The lowest BCUT2D eigenvalue weighted by molar-refractivity contribution is 0.141. The second-order valence-electron chi connectivity index (χ2n) is 4.62. The molecule has 0 aliphatic rings. The minimum Gasteiger partial charge on any atom is -0.487 e. The second kappa shape index (κ2) is 7.43. The molecule has 0 aliphatic carbocycles. The van der Waals surface area contributed by atoms with Gasteiger partial charge in [-0.3, -0.25) is 0 Å². The lowest BCUT2D eigenvalue weighted by Crippen LogP contribution is -2.04. The van der Waals surface area contributed by atoms with Gasteiger partial charge < -0.3 is 9.57 Å². The van der Waals surface area contributed by atoms with Gasteiger partial charge in [-0.25, -0.2) is 5.90 Å². The predicted molar refractivity (Wildman–Crippen MR) is 83.5 cm³/mol. The van der Waals surface area contributed by atoms with Crippen molar-refractivity contribution in [1.29, 1.82) is 0 Å². The number of hydrogen-bond donors (Lipinski definition) is 1. The van der Waals surface area contributed by atoms with Crippen LogP contribution in [-0.2, 0) is 17.9 Å². The van der Waals surface area contributed by atoms with Crippen molar-refractivity contribution < 1.29 is 9.57 Å². The lowest BCUT2D eigenvalue weighted by atomic mass is 10.1. The van der Waals surface area contributed by atoms with Gasteiger partial charge in [0.2, 0.25) is 0 Å². The molecule has 0 spiro atoms. The summed E-state index contributed by atoms with van der Waals surface area (Å²) in [5.74, 6) is 5.94. The molecule has 0 bridgehead atoms. The number of rotatable bonds is 6. The van der Waals surface area contributed by atoms with Crippen molar-refractivity contribution in [3.8, 4) is 5.75 Å². The van der Waals surface area contributed by atoms with E-state index >= 15 is 0 Å². The van der Waals surface area contributed by atoms with E-state index in [9.17, 15) is 0 Å². The van der Waals surface area contributed by atoms with Crippen LogP contribution in [0.4, 0.5) is 0 Å². The number of halogens is 1. The van der Waals surface area contributed by atoms with Crippen LogP contribution in [-0.4, -0.2) is 6.61 Å². The highest BCUT2D eigenvalue weighted by Gasteiger charge is 2.08. The third-order valence-electron chi connectivity index (χ3n) is 3.02. The van der Waals surface area contributed by atoms with Crippen molar-refractivity contribution in [2.45, 2.75) is 20.0 Å². The van der Waals surface area contributed by atoms with Crippen LogP contribution in [0.3, 0.4) is 0 Å². The van der Waals surface area contributed by atoms with Crippen LogP contribution >= 0.6 is 15.9 Å².